The minimum Gasteiger partial charge on any atom is -0.271 e. The number of aryl methyl sites for hydroxylation is 2. The van der Waals surface area contributed by atoms with E-state index in [2.05, 4.69) is 16.7 Å². The molecule has 0 saturated heterocycles. The smallest absolute Gasteiger partial charge is 0.244 e. The predicted octanol–water partition coefficient (Wildman–Crippen LogP) is 3.85. The first-order valence-corrected chi connectivity index (χ1v) is 10.4. The number of sulfonamides is 1. The molecule has 0 aliphatic carbocycles. The van der Waals surface area contributed by atoms with Crippen molar-refractivity contribution in [1.29, 1.82) is 0 Å². The van der Waals surface area contributed by atoms with E-state index in [0.717, 1.165) is 12.8 Å². The molecule has 0 bridgehead atoms. The lowest BCUT2D eigenvalue weighted by atomic mass is 10.1. The summed E-state index contributed by atoms with van der Waals surface area (Å²) in [5.41, 5.74) is 1.24. The third-order valence-corrected chi connectivity index (χ3v) is 6.00. The van der Waals surface area contributed by atoms with Crippen LogP contribution in [0.4, 0.5) is 0 Å². The summed E-state index contributed by atoms with van der Waals surface area (Å²) in [5, 5.41) is 4.17. The van der Waals surface area contributed by atoms with Crippen molar-refractivity contribution in [2.75, 3.05) is 6.54 Å². The van der Waals surface area contributed by atoms with E-state index in [-0.39, 0.29) is 0 Å². The number of rotatable bonds is 12. The summed E-state index contributed by atoms with van der Waals surface area (Å²) in [5.74, 6) is 0. The molecule has 23 heavy (non-hydrogen) atoms. The molecule has 1 aromatic rings. The van der Waals surface area contributed by atoms with Crippen molar-refractivity contribution < 1.29 is 8.42 Å². The van der Waals surface area contributed by atoms with E-state index in [1.54, 1.807) is 25.6 Å². The number of nitrogens with zero attached hydrogens (tertiary/aromatic N) is 2. The SMILES string of the molecule is CCCCCCCCCCCNS(=O)(=O)c1c(C)nn(C)c1C. The van der Waals surface area contributed by atoms with Crippen LogP contribution in [0, 0.1) is 13.8 Å². The summed E-state index contributed by atoms with van der Waals surface area (Å²) in [6, 6.07) is 0. The first-order valence-electron chi connectivity index (χ1n) is 8.90. The second-order valence-corrected chi connectivity index (χ2v) is 8.05. The van der Waals surface area contributed by atoms with Gasteiger partial charge in [0.1, 0.15) is 4.90 Å². The molecule has 0 fully saturated rings. The van der Waals surface area contributed by atoms with Crippen LogP contribution in [0.2, 0.25) is 0 Å². The lowest BCUT2D eigenvalue weighted by molar-refractivity contribution is 0.553. The van der Waals surface area contributed by atoms with Crippen LogP contribution in [0.3, 0.4) is 0 Å². The second kappa shape index (κ2) is 10.1. The first-order chi connectivity index (χ1) is 10.9. The normalized spacial score (nSPS) is 12.0. The van der Waals surface area contributed by atoms with Crippen molar-refractivity contribution >= 4 is 10.0 Å². The molecular formula is C17H33N3O2S. The van der Waals surface area contributed by atoms with Crippen LogP contribution < -0.4 is 4.72 Å². The third kappa shape index (κ3) is 6.63. The van der Waals surface area contributed by atoms with Gasteiger partial charge in [0.25, 0.3) is 0 Å². The number of unbranched alkanes of at least 4 members (excludes halogenated alkanes) is 8. The highest BCUT2D eigenvalue weighted by Gasteiger charge is 2.22. The quantitative estimate of drug-likeness (QED) is 0.586. The minimum atomic E-state index is -3.44. The van der Waals surface area contributed by atoms with Crippen molar-refractivity contribution in [2.45, 2.75) is 83.5 Å². The second-order valence-electron chi connectivity index (χ2n) is 6.35. The van der Waals surface area contributed by atoms with Gasteiger partial charge in [-0.05, 0) is 20.3 Å². The zero-order chi connectivity index (χ0) is 17.3. The largest absolute Gasteiger partial charge is 0.271 e. The van der Waals surface area contributed by atoms with E-state index in [0.29, 0.717) is 22.8 Å². The van der Waals surface area contributed by atoms with Crippen LogP contribution in [0.15, 0.2) is 4.90 Å². The van der Waals surface area contributed by atoms with Gasteiger partial charge in [0.15, 0.2) is 0 Å². The standard InChI is InChI=1S/C17H33N3O2S/c1-5-6-7-8-9-10-11-12-13-14-18-23(21,22)17-15(2)19-20(4)16(17)3/h18H,5-14H2,1-4H3. The first kappa shape index (κ1) is 20.2. The van der Waals surface area contributed by atoms with Gasteiger partial charge < -0.3 is 0 Å². The fraction of sp³-hybridized carbons (Fsp3) is 0.824. The number of nitrogens with one attached hydrogen (secondary N) is 1. The summed E-state index contributed by atoms with van der Waals surface area (Å²) in [6.07, 6.45) is 11.1. The fourth-order valence-corrected chi connectivity index (χ4v) is 4.37. The van der Waals surface area contributed by atoms with Crippen molar-refractivity contribution in [3.8, 4) is 0 Å². The Morgan fingerprint density at radius 3 is 1.96 bits per heavy atom. The Bertz CT molecular complexity index is 565. The average molecular weight is 344 g/mol. The van der Waals surface area contributed by atoms with Crippen LogP contribution in [0.1, 0.15) is 76.1 Å². The van der Waals surface area contributed by atoms with E-state index in [9.17, 15) is 8.42 Å². The van der Waals surface area contributed by atoms with Gasteiger partial charge in [-0.3, -0.25) is 4.68 Å². The molecule has 1 rings (SSSR count). The van der Waals surface area contributed by atoms with Crippen LogP contribution in [0.25, 0.3) is 0 Å². The van der Waals surface area contributed by atoms with E-state index < -0.39 is 10.0 Å². The summed E-state index contributed by atoms with van der Waals surface area (Å²) >= 11 is 0. The fourth-order valence-electron chi connectivity index (χ4n) is 2.86. The van der Waals surface area contributed by atoms with E-state index in [1.165, 1.54) is 44.9 Å². The highest BCUT2D eigenvalue weighted by atomic mass is 32.2. The van der Waals surface area contributed by atoms with Gasteiger partial charge >= 0.3 is 0 Å². The van der Waals surface area contributed by atoms with Crippen LogP contribution >= 0.6 is 0 Å². The molecule has 5 nitrogen and oxygen atoms in total. The van der Waals surface area contributed by atoms with E-state index in [4.69, 9.17) is 0 Å². The van der Waals surface area contributed by atoms with Gasteiger partial charge in [-0.2, -0.15) is 5.10 Å². The summed E-state index contributed by atoms with van der Waals surface area (Å²) in [4.78, 5) is 0.330. The Morgan fingerprint density at radius 1 is 0.957 bits per heavy atom. The van der Waals surface area contributed by atoms with Crippen LogP contribution in [0.5, 0.6) is 0 Å². The van der Waals surface area contributed by atoms with Crippen molar-refractivity contribution in [3.05, 3.63) is 11.4 Å². The molecule has 0 atom stereocenters. The summed E-state index contributed by atoms with van der Waals surface area (Å²) in [6.45, 7) is 6.26. The maximum Gasteiger partial charge on any atom is 0.244 e. The zero-order valence-corrected chi connectivity index (χ0v) is 16.0. The monoisotopic (exact) mass is 343 g/mol. The lowest BCUT2D eigenvalue weighted by Crippen LogP contribution is -2.25. The van der Waals surface area contributed by atoms with Crippen LogP contribution in [-0.2, 0) is 17.1 Å². The van der Waals surface area contributed by atoms with E-state index in [1.807, 2.05) is 0 Å². The van der Waals surface area contributed by atoms with E-state index >= 15 is 0 Å². The molecule has 0 spiro atoms. The van der Waals surface area contributed by atoms with Gasteiger partial charge in [-0.15, -0.1) is 0 Å². The van der Waals surface area contributed by atoms with Gasteiger partial charge in [0, 0.05) is 13.6 Å². The Labute approximate surface area is 141 Å². The molecule has 1 heterocycles. The Kier molecular flexibility index (Phi) is 8.84. The van der Waals surface area contributed by atoms with Crippen LogP contribution in [-0.4, -0.2) is 24.7 Å². The number of hydrogen-bond donors (Lipinski definition) is 1. The molecular weight excluding hydrogens is 310 g/mol. The highest BCUT2D eigenvalue weighted by molar-refractivity contribution is 7.89. The van der Waals surface area contributed by atoms with Crippen molar-refractivity contribution in [3.63, 3.8) is 0 Å². The van der Waals surface area contributed by atoms with Gasteiger partial charge in [-0.25, -0.2) is 13.1 Å². The van der Waals surface area contributed by atoms with Crippen molar-refractivity contribution in [1.82, 2.24) is 14.5 Å². The third-order valence-electron chi connectivity index (χ3n) is 4.28. The molecule has 0 aromatic carbocycles. The van der Waals surface area contributed by atoms with Gasteiger partial charge in [0.2, 0.25) is 10.0 Å². The van der Waals surface area contributed by atoms with Gasteiger partial charge in [-0.1, -0.05) is 58.3 Å². The summed E-state index contributed by atoms with van der Waals surface area (Å²) in [7, 11) is -1.68. The number of hydrogen-bond acceptors (Lipinski definition) is 3. The maximum atomic E-state index is 12.4. The number of aromatic nitrogens is 2. The molecule has 134 valence electrons. The molecule has 0 aliphatic heterocycles. The molecule has 0 unspecified atom stereocenters. The molecule has 0 radical (unpaired) electrons. The molecule has 0 saturated carbocycles. The minimum absolute atomic E-state index is 0.330. The molecule has 0 aliphatic rings. The Morgan fingerprint density at radius 2 is 1.48 bits per heavy atom. The Hall–Kier alpha value is -0.880. The molecule has 0 amide bonds. The van der Waals surface area contributed by atoms with Crippen molar-refractivity contribution in [2.24, 2.45) is 7.05 Å². The maximum absolute atomic E-state index is 12.4. The van der Waals surface area contributed by atoms with Gasteiger partial charge in [0.05, 0.1) is 11.4 Å². The predicted molar refractivity (Wildman–Crippen MR) is 95.1 cm³/mol. The molecule has 6 heteroatoms. The zero-order valence-electron chi connectivity index (χ0n) is 15.2. The molecule has 1 N–H and O–H groups in total. The topological polar surface area (TPSA) is 64.0 Å². The highest BCUT2D eigenvalue weighted by Crippen LogP contribution is 2.18. The summed E-state index contributed by atoms with van der Waals surface area (Å²) < 4.78 is 29.0. The lowest BCUT2D eigenvalue weighted by Gasteiger charge is -2.07. The Balaban J connectivity index is 2.22. The average Bonchev–Trinajstić information content (AvgIpc) is 2.74. The molecule has 1 aromatic heterocycles.